The van der Waals surface area contributed by atoms with Gasteiger partial charge in [-0.15, -0.1) is 0 Å². The number of aromatic nitrogens is 1. The van der Waals surface area contributed by atoms with Crippen LogP contribution in [-0.4, -0.2) is 23.2 Å². The average Bonchev–Trinajstić information content (AvgIpc) is 2.49. The van der Waals surface area contributed by atoms with Crippen LogP contribution < -0.4 is 4.90 Å². The van der Waals surface area contributed by atoms with Gasteiger partial charge in [-0.1, -0.05) is 19.3 Å². The van der Waals surface area contributed by atoms with Crippen LogP contribution in [0, 0.1) is 5.41 Å². The second-order valence-corrected chi connectivity index (χ2v) is 6.66. The van der Waals surface area contributed by atoms with Crippen molar-refractivity contribution in [1.82, 2.24) is 4.98 Å². The van der Waals surface area contributed by atoms with Gasteiger partial charge in [0.1, 0.15) is 0 Å². The SMILES string of the molecule is C[C@H](O)c1ccc(N2CCC3(CCCCC3)CC2)cn1. The van der Waals surface area contributed by atoms with E-state index in [1.54, 1.807) is 6.92 Å². The number of piperidine rings is 1. The summed E-state index contributed by atoms with van der Waals surface area (Å²) >= 11 is 0. The van der Waals surface area contributed by atoms with E-state index in [0.29, 0.717) is 5.41 Å². The highest BCUT2D eigenvalue weighted by Gasteiger charge is 2.35. The zero-order valence-corrected chi connectivity index (χ0v) is 12.5. The lowest BCUT2D eigenvalue weighted by atomic mass is 9.68. The van der Waals surface area contributed by atoms with Gasteiger partial charge in [-0.2, -0.15) is 0 Å². The molecule has 1 aromatic rings. The smallest absolute Gasteiger partial charge is 0.0931 e. The van der Waals surface area contributed by atoms with Crippen molar-refractivity contribution in [3.8, 4) is 0 Å². The summed E-state index contributed by atoms with van der Waals surface area (Å²) in [6, 6.07) is 4.05. The molecule has 1 aliphatic heterocycles. The van der Waals surface area contributed by atoms with Crippen LogP contribution in [0.1, 0.15) is 63.7 Å². The molecule has 3 heteroatoms. The number of aliphatic hydroxyl groups excluding tert-OH is 1. The second-order valence-electron chi connectivity index (χ2n) is 6.66. The lowest BCUT2D eigenvalue weighted by Crippen LogP contribution is -2.41. The van der Waals surface area contributed by atoms with Crippen LogP contribution in [-0.2, 0) is 0 Å². The van der Waals surface area contributed by atoms with Crippen LogP contribution in [0.4, 0.5) is 5.69 Å². The third-order valence-corrected chi connectivity index (χ3v) is 5.30. The van der Waals surface area contributed by atoms with Crippen molar-refractivity contribution < 1.29 is 5.11 Å². The molecule has 3 rings (SSSR count). The first-order chi connectivity index (χ1) is 9.69. The first kappa shape index (κ1) is 13.9. The molecule has 2 heterocycles. The van der Waals surface area contributed by atoms with E-state index in [-0.39, 0.29) is 0 Å². The zero-order chi connectivity index (χ0) is 14.0. The number of rotatable bonds is 2. The average molecular weight is 274 g/mol. The van der Waals surface area contributed by atoms with Crippen LogP contribution in [0.25, 0.3) is 0 Å². The van der Waals surface area contributed by atoms with Crippen molar-refractivity contribution >= 4 is 5.69 Å². The Hall–Kier alpha value is -1.09. The highest BCUT2D eigenvalue weighted by atomic mass is 16.3. The predicted molar refractivity (Wildman–Crippen MR) is 81.8 cm³/mol. The van der Waals surface area contributed by atoms with Crippen LogP contribution in [0.15, 0.2) is 18.3 Å². The molecule has 2 fully saturated rings. The molecule has 0 amide bonds. The number of anilines is 1. The molecule has 1 atom stereocenters. The highest BCUT2D eigenvalue weighted by molar-refractivity contribution is 5.45. The fourth-order valence-electron chi connectivity index (χ4n) is 3.87. The van der Waals surface area contributed by atoms with Gasteiger partial charge in [0, 0.05) is 13.1 Å². The van der Waals surface area contributed by atoms with Gasteiger partial charge < -0.3 is 10.0 Å². The van der Waals surface area contributed by atoms with Gasteiger partial charge in [-0.05, 0) is 50.2 Å². The number of hydrogen-bond donors (Lipinski definition) is 1. The third-order valence-electron chi connectivity index (χ3n) is 5.30. The third kappa shape index (κ3) is 2.83. The van der Waals surface area contributed by atoms with Crippen molar-refractivity contribution in [2.75, 3.05) is 18.0 Å². The molecule has 0 unspecified atom stereocenters. The minimum absolute atomic E-state index is 0.476. The molecular formula is C17H26N2O. The first-order valence-electron chi connectivity index (χ1n) is 8.08. The molecule has 1 saturated heterocycles. The minimum atomic E-state index is -0.476. The molecule has 0 bridgehead atoms. The zero-order valence-electron chi connectivity index (χ0n) is 12.5. The molecule has 1 aliphatic carbocycles. The lowest BCUT2D eigenvalue weighted by Gasteiger charge is -2.45. The summed E-state index contributed by atoms with van der Waals surface area (Å²) in [5.41, 5.74) is 2.62. The summed E-state index contributed by atoms with van der Waals surface area (Å²) in [4.78, 5) is 6.82. The molecule has 1 spiro atoms. The summed E-state index contributed by atoms with van der Waals surface area (Å²) < 4.78 is 0. The predicted octanol–water partition coefficient (Wildman–Crippen LogP) is 3.69. The van der Waals surface area contributed by atoms with Crippen molar-refractivity contribution in [2.24, 2.45) is 5.41 Å². The van der Waals surface area contributed by atoms with Gasteiger partial charge in [-0.25, -0.2) is 0 Å². The molecule has 20 heavy (non-hydrogen) atoms. The Morgan fingerprint density at radius 3 is 2.35 bits per heavy atom. The van der Waals surface area contributed by atoms with Crippen LogP contribution >= 0.6 is 0 Å². The van der Waals surface area contributed by atoms with Gasteiger partial charge in [0.15, 0.2) is 0 Å². The van der Waals surface area contributed by atoms with E-state index >= 15 is 0 Å². The summed E-state index contributed by atoms with van der Waals surface area (Å²) in [5, 5.41) is 9.51. The fraction of sp³-hybridized carbons (Fsp3) is 0.706. The first-order valence-corrected chi connectivity index (χ1v) is 8.08. The Morgan fingerprint density at radius 1 is 1.10 bits per heavy atom. The molecule has 1 aromatic heterocycles. The van der Waals surface area contributed by atoms with E-state index in [9.17, 15) is 5.11 Å². The van der Waals surface area contributed by atoms with Crippen molar-refractivity contribution in [3.63, 3.8) is 0 Å². The van der Waals surface area contributed by atoms with Crippen LogP contribution in [0.2, 0.25) is 0 Å². The maximum atomic E-state index is 9.51. The van der Waals surface area contributed by atoms with E-state index in [2.05, 4.69) is 16.0 Å². The fourth-order valence-corrected chi connectivity index (χ4v) is 3.87. The van der Waals surface area contributed by atoms with E-state index in [1.165, 1.54) is 50.6 Å². The molecular weight excluding hydrogens is 248 g/mol. The van der Waals surface area contributed by atoms with Crippen molar-refractivity contribution in [2.45, 2.75) is 58.0 Å². The van der Waals surface area contributed by atoms with E-state index < -0.39 is 6.10 Å². The Kier molecular flexibility index (Phi) is 3.97. The van der Waals surface area contributed by atoms with E-state index in [1.807, 2.05) is 12.3 Å². The molecule has 3 nitrogen and oxygen atoms in total. The van der Waals surface area contributed by atoms with Crippen molar-refractivity contribution in [3.05, 3.63) is 24.0 Å². The Morgan fingerprint density at radius 2 is 1.80 bits per heavy atom. The molecule has 110 valence electrons. The number of pyridine rings is 1. The van der Waals surface area contributed by atoms with Gasteiger partial charge in [0.05, 0.1) is 23.7 Å². The number of hydrogen-bond acceptors (Lipinski definition) is 3. The minimum Gasteiger partial charge on any atom is -0.387 e. The Balaban J connectivity index is 1.62. The normalized spacial score (nSPS) is 23.8. The van der Waals surface area contributed by atoms with Gasteiger partial charge in [-0.3, -0.25) is 4.98 Å². The summed E-state index contributed by atoms with van der Waals surface area (Å²) in [5.74, 6) is 0. The molecule has 1 saturated carbocycles. The molecule has 0 radical (unpaired) electrons. The second kappa shape index (κ2) is 5.72. The molecule has 1 N–H and O–H groups in total. The van der Waals surface area contributed by atoms with Crippen LogP contribution in [0.3, 0.4) is 0 Å². The summed E-state index contributed by atoms with van der Waals surface area (Å²) in [6.45, 7) is 4.08. The van der Waals surface area contributed by atoms with E-state index in [4.69, 9.17) is 0 Å². The molecule has 2 aliphatic rings. The largest absolute Gasteiger partial charge is 0.387 e. The number of nitrogens with zero attached hydrogens (tertiary/aromatic N) is 2. The Bertz CT molecular complexity index is 425. The summed E-state index contributed by atoms with van der Waals surface area (Å²) in [6.07, 6.45) is 11.3. The quantitative estimate of drug-likeness (QED) is 0.893. The van der Waals surface area contributed by atoms with E-state index in [0.717, 1.165) is 18.8 Å². The topological polar surface area (TPSA) is 36.4 Å². The van der Waals surface area contributed by atoms with Gasteiger partial charge in [0.2, 0.25) is 0 Å². The monoisotopic (exact) mass is 274 g/mol. The van der Waals surface area contributed by atoms with Gasteiger partial charge in [0.25, 0.3) is 0 Å². The maximum Gasteiger partial charge on any atom is 0.0931 e. The lowest BCUT2D eigenvalue weighted by molar-refractivity contribution is 0.144. The maximum absolute atomic E-state index is 9.51. The standard InChI is InChI=1S/C17H26N2O/c1-14(20)16-6-5-15(13-18-16)19-11-9-17(10-12-19)7-3-2-4-8-17/h5-6,13-14,20H,2-4,7-12H2,1H3/t14-/m0/s1. The highest BCUT2D eigenvalue weighted by Crippen LogP contribution is 2.45. The molecule has 0 aromatic carbocycles. The summed E-state index contributed by atoms with van der Waals surface area (Å²) in [7, 11) is 0. The van der Waals surface area contributed by atoms with Crippen LogP contribution in [0.5, 0.6) is 0 Å². The number of aliphatic hydroxyl groups is 1. The Labute approximate surface area is 122 Å². The van der Waals surface area contributed by atoms with Gasteiger partial charge >= 0.3 is 0 Å². The van der Waals surface area contributed by atoms with Crippen molar-refractivity contribution in [1.29, 1.82) is 0 Å².